The maximum absolute atomic E-state index is 13.0. The summed E-state index contributed by atoms with van der Waals surface area (Å²) in [6.07, 6.45) is -5.51. The maximum Gasteiger partial charge on any atom is 0.413 e. The fraction of sp³-hybridized carbons (Fsp3) is 0.250. The number of nitrogens with zero attached hydrogens (tertiary/aromatic N) is 3. The Balaban J connectivity index is 2.09. The zero-order chi connectivity index (χ0) is 15.4. The summed E-state index contributed by atoms with van der Waals surface area (Å²) in [5, 5.41) is 9.61. The first-order chi connectivity index (χ1) is 9.99. The molecule has 9 heteroatoms. The summed E-state index contributed by atoms with van der Waals surface area (Å²) in [5.74, 6) is 0.209. The molecule has 0 unspecified atom stereocenters. The van der Waals surface area contributed by atoms with Crippen molar-refractivity contribution in [2.75, 3.05) is 5.32 Å². The van der Waals surface area contributed by atoms with Crippen molar-refractivity contribution >= 4 is 27.8 Å². The van der Waals surface area contributed by atoms with E-state index in [9.17, 15) is 13.6 Å². The van der Waals surface area contributed by atoms with E-state index in [1.54, 1.807) is 18.2 Å². The number of aromatic nitrogens is 3. The first-order valence-electron chi connectivity index (χ1n) is 5.85. The summed E-state index contributed by atoms with van der Waals surface area (Å²) >= 11 is 3.07. The zero-order valence-electron chi connectivity index (χ0n) is 10.8. The number of rotatable bonds is 4. The molecule has 0 aliphatic heterocycles. The van der Waals surface area contributed by atoms with Crippen LogP contribution in [0, 0.1) is 0 Å². The lowest BCUT2D eigenvalue weighted by Gasteiger charge is -2.17. The van der Waals surface area contributed by atoms with Crippen LogP contribution in [0.15, 0.2) is 34.9 Å². The van der Waals surface area contributed by atoms with Gasteiger partial charge in [0, 0.05) is 7.05 Å². The average molecular weight is 361 g/mol. The molecule has 112 valence electrons. The number of aryl methyl sites for hydroxylation is 1. The van der Waals surface area contributed by atoms with Crippen molar-refractivity contribution in [2.24, 2.45) is 7.05 Å². The molecule has 1 N–H and O–H groups in total. The monoisotopic (exact) mass is 360 g/mol. The Kier molecular flexibility index (Phi) is 4.84. The second-order valence-corrected chi connectivity index (χ2v) is 4.80. The summed E-state index contributed by atoms with van der Waals surface area (Å²) in [7, 11) is 1.54. The SMILES string of the molecule is Cn1nnc(Br)c1NC(=O)O[C@@H](c1ccccc1)C(F)F. The van der Waals surface area contributed by atoms with Gasteiger partial charge in [0.1, 0.15) is 0 Å². The van der Waals surface area contributed by atoms with Gasteiger partial charge in [0.2, 0.25) is 0 Å². The summed E-state index contributed by atoms with van der Waals surface area (Å²) in [6.45, 7) is 0. The van der Waals surface area contributed by atoms with Crippen molar-refractivity contribution in [3.8, 4) is 0 Å². The predicted octanol–water partition coefficient (Wildman–Crippen LogP) is 3.13. The second kappa shape index (κ2) is 6.61. The van der Waals surface area contributed by atoms with Crippen LogP contribution in [-0.2, 0) is 11.8 Å². The van der Waals surface area contributed by atoms with Crippen molar-refractivity contribution in [1.29, 1.82) is 0 Å². The number of alkyl halides is 2. The molecule has 1 atom stereocenters. The Labute approximate surface area is 127 Å². The maximum atomic E-state index is 13.0. The fourth-order valence-corrected chi connectivity index (χ4v) is 2.04. The molecule has 0 spiro atoms. The van der Waals surface area contributed by atoms with Gasteiger partial charge in [-0.25, -0.2) is 18.3 Å². The molecule has 6 nitrogen and oxygen atoms in total. The number of hydrogen-bond donors (Lipinski definition) is 1. The molecule has 2 rings (SSSR count). The first kappa shape index (κ1) is 15.4. The third-order valence-corrected chi connectivity index (χ3v) is 3.13. The fourth-order valence-electron chi connectivity index (χ4n) is 1.61. The van der Waals surface area contributed by atoms with E-state index in [2.05, 4.69) is 31.6 Å². The minimum absolute atomic E-state index is 0.209. The Morgan fingerprint density at radius 3 is 2.57 bits per heavy atom. The van der Waals surface area contributed by atoms with Crippen LogP contribution >= 0.6 is 15.9 Å². The van der Waals surface area contributed by atoms with E-state index in [0.29, 0.717) is 0 Å². The highest BCUT2D eigenvalue weighted by Crippen LogP contribution is 2.26. The zero-order valence-corrected chi connectivity index (χ0v) is 12.4. The first-order valence-corrected chi connectivity index (χ1v) is 6.64. The number of hydrogen-bond acceptors (Lipinski definition) is 4. The molecule has 1 amide bonds. The normalized spacial score (nSPS) is 12.2. The van der Waals surface area contributed by atoms with Gasteiger partial charge in [0.05, 0.1) is 0 Å². The lowest BCUT2D eigenvalue weighted by atomic mass is 10.1. The quantitative estimate of drug-likeness (QED) is 0.909. The van der Waals surface area contributed by atoms with Crippen LogP contribution in [-0.4, -0.2) is 27.5 Å². The van der Waals surface area contributed by atoms with Gasteiger partial charge >= 0.3 is 6.09 Å². The second-order valence-electron chi connectivity index (χ2n) is 4.05. The van der Waals surface area contributed by atoms with Crippen molar-refractivity contribution in [3.63, 3.8) is 0 Å². The molecule has 0 aliphatic rings. The predicted molar refractivity (Wildman–Crippen MR) is 74.0 cm³/mol. The van der Waals surface area contributed by atoms with Crippen molar-refractivity contribution in [2.45, 2.75) is 12.5 Å². The third-order valence-electron chi connectivity index (χ3n) is 2.60. The van der Waals surface area contributed by atoms with E-state index in [1.807, 2.05) is 0 Å². The molecule has 0 saturated carbocycles. The Bertz CT molecular complexity index is 601. The number of benzene rings is 1. The van der Waals surface area contributed by atoms with Gasteiger partial charge in [-0.05, 0) is 21.5 Å². The van der Waals surface area contributed by atoms with Crippen LogP contribution in [0.2, 0.25) is 0 Å². The van der Waals surface area contributed by atoms with Crippen LogP contribution in [0.1, 0.15) is 11.7 Å². The van der Waals surface area contributed by atoms with E-state index in [0.717, 1.165) is 0 Å². The largest absolute Gasteiger partial charge is 0.435 e. The van der Waals surface area contributed by atoms with E-state index in [4.69, 9.17) is 4.74 Å². The lowest BCUT2D eigenvalue weighted by Crippen LogP contribution is -2.23. The molecular weight excluding hydrogens is 350 g/mol. The van der Waals surface area contributed by atoms with E-state index >= 15 is 0 Å². The van der Waals surface area contributed by atoms with Crippen LogP contribution < -0.4 is 5.32 Å². The molecule has 0 radical (unpaired) electrons. The number of carbonyl (C=O) groups is 1. The Morgan fingerprint density at radius 2 is 2.05 bits per heavy atom. The smallest absolute Gasteiger partial charge is 0.413 e. The standard InChI is InChI=1S/C12H11BrF2N4O2/c1-19-11(9(13)17-18-19)16-12(20)21-8(10(14)15)7-5-3-2-4-6-7/h2-6,8,10H,1H3,(H,16,20)/t8-/m0/s1. The highest BCUT2D eigenvalue weighted by atomic mass is 79.9. The van der Waals surface area contributed by atoms with Gasteiger partial charge in [0.15, 0.2) is 16.5 Å². The van der Waals surface area contributed by atoms with Gasteiger partial charge in [-0.15, -0.1) is 5.10 Å². The summed E-state index contributed by atoms with van der Waals surface area (Å²) in [6, 6.07) is 7.79. The molecule has 0 bridgehead atoms. The van der Waals surface area contributed by atoms with Gasteiger partial charge in [-0.1, -0.05) is 35.5 Å². The number of halogens is 3. The van der Waals surface area contributed by atoms with Gasteiger partial charge in [-0.2, -0.15) is 0 Å². The topological polar surface area (TPSA) is 69.0 Å². The minimum Gasteiger partial charge on any atom is -0.435 e. The molecule has 2 aromatic rings. The summed E-state index contributed by atoms with van der Waals surface area (Å²) in [4.78, 5) is 11.7. The van der Waals surface area contributed by atoms with Crippen LogP contribution in [0.5, 0.6) is 0 Å². The summed E-state index contributed by atoms with van der Waals surface area (Å²) in [5.41, 5.74) is 0.213. The lowest BCUT2D eigenvalue weighted by molar-refractivity contribution is -0.0143. The molecule has 1 aromatic heterocycles. The van der Waals surface area contributed by atoms with Gasteiger partial charge in [-0.3, -0.25) is 5.32 Å². The number of nitrogens with one attached hydrogen (secondary N) is 1. The van der Waals surface area contributed by atoms with Gasteiger partial charge < -0.3 is 4.74 Å². The van der Waals surface area contributed by atoms with E-state index < -0.39 is 18.6 Å². The molecule has 0 saturated heterocycles. The van der Waals surface area contributed by atoms with Crippen LogP contribution in [0.25, 0.3) is 0 Å². The number of anilines is 1. The highest BCUT2D eigenvalue weighted by molar-refractivity contribution is 9.10. The number of ether oxygens (including phenoxy) is 1. The average Bonchev–Trinajstić information content (AvgIpc) is 2.77. The Hall–Kier alpha value is -2.03. The molecule has 0 fully saturated rings. The van der Waals surface area contributed by atoms with Crippen molar-refractivity contribution in [1.82, 2.24) is 15.0 Å². The Morgan fingerprint density at radius 1 is 1.38 bits per heavy atom. The number of amides is 1. The van der Waals surface area contributed by atoms with E-state index in [1.165, 1.54) is 23.9 Å². The van der Waals surface area contributed by atoms with Crippen LogP contribution in [0.4, 0.5) is 19.4 Å². The van der Waals surface area contributed by atoms with Crippen molar-refractivity contribution < 1.29 is 18.3 Å². The molecule has 1 aromatic carbocycles. The minimum atomic E-state index is -2.84. The van der Waals surface area contributed by atoms with Gasteiger partial charge in [0.25, 0.3) is 6.43 Å². The summed E-state index contributed by atoms with van der Waals surface area (Å²) < 4.78 is 32.4. The van der Waals surface area contributed by atoms with Crippen LogP contribution in [0.3, 0.4) is 0 Å². The molecule has 1 heterocycles. The molecule has 21 heavy (non-hydrogen) atoms. The third kappa shape index (κ3) is 3.75. The molecule has 0 aliphatic carbocycles. The van der Waals surface area contributed by atoms with E-state index in [-0.39, 0.29) is 16.0 Å². The molecular formula is C12H11BrF2N4O2. The highest BCUT2D eigenvalue weighted by Gasteiger charge is 2.27. The van der Waals surface area contributed by atoms with Crippen molar-refractivity contribution in [3.05, 3.63) is 40.5 Å². The number of carbonyl (C=O) groups excluding carboxylic acids is 1.